The smallest absolute Gasteiger partial charge is 0.175 e. The normalized spacial score (nSPS) is 10.8. The zero-order chi connectivity index (χ0) is 16.9. The minimum Gasteiger partial charge on any atom is -0.395 e. The third-order valence-corrected chi connectivity index (χ3v) is 4.01. The van der Waals surface area contributed by atoms with Crippen LogP contribution in [0.25, 0.3) is 5.69 Å². The van der Waals surface area contributed by atoms with Crippen molar-refractivity contribution in [1.82, 2.24) is 20.2 Å². The molecule has 6 heteroatoms. The Hall–Kier alpha value is -2.73. The summed E-state index contributed by atoms with van der Waals surface area (Å²) in [6, 6.07) is 16.1. The fourth-order valence-electron chi connectivity index (χ4n) is 2.85. The second-order valence-electron chi connectivity index (χ2n) is 5.73. The molecule has 0 aliphatic carbocycles. The van der Waals surface area contributed by atoms with Crippen LogP contribution in [0.1, 0.15) is 17.0 Å². The molecule has 0 aliphatic heterocycles. The van der Waals surface area contributed by atoms with E-state index >= 15 is 0 Å². The van der Waals surface area contributed by atoms with E-state index in [9.17, 15) is 5.11 Å². The number of aliphatic hydroxyl groups is 1. The van der Waals surface area contributed by atoms with Crippen LogP contribution in [0.15, 0.2) is 48.5 Å². The second-order valence-corrected chi connectivity index (χ2v) is 5.73. The first kappa shape index (κ1) is 16.1. The molecule has 0 atom stereocenters. The highest BCUT2D eigenvalue weighted by atomic mass is 16.3. The first-order valence-electron chi connectivity index (χ1n) is 7.95. The number of aliphatic hydroxyl groups excluding tert-OH is 1. The average molecular weight is 323 g/mol. The zero-order valence-corrected chi connectivity index (χ0v) is 13.9. The van der Waals surface area contributed by atoms with Gasteiger partial charge in [0.1, 0.15) is 0 Å². The Labute approximate surface area is 141 Å². The molecular weight excluding hydrogens is 302 g/mol. The lowest BCUT2D eigenvalue weighted by molar-refractivity contribution is 0.301. The summed E-state index contributed by atoms with van der Waals surface area (Å²) in [6.45, 7) is 5.21. The van der Waals surface area contributed by atoms with Crippen molar-refractivity contribution in [3.63, 3.8) is 0 Å². The summed E-state index contributed by atoms with van der Waals surface area (Å²) in [5.74, 6) is 0.740. The third kappa shape index (κ3) is 3.28. The summed E-state index contributed by atoms with van der Waals surface area (Å²) >= 11 is 0. The first-order chi connectivity index (χ1) is 11.7. The van der Waals surface area contributed by atoms with Crippen molar-refractivity contribution in [2.75, 3.05) is 18.1 Å². The predicted octanol–water partition coefficient (Wildman–Crippen LogP) is 2.28. The Bertz CT molecular complexity index is 780. The van der Waals surface area contributed by atoms with Crippen molar-refractivity contribution in [3.8, 4) is 5.69 Å². The standard InChI is InChI=1S/C18H21N5O/c1-14-7-6-8-15(2)18(14)23-17(19-20-21-23)13-22(11-12-24)16-9-4-3-5-10-16/h3-10,24H,11-13H2,1-2H3. The number of nitrogens with zero attached hydrogens (tertiary/aromatic N) is 5. The Morgan fingerprint density at radius 1 is 1.00 bits per heavy atom. The molecule has 3 rings (SSSR count). The molecule has 0 saturated heterocycles. The molecule has 3 aromatic rings. The van der Waals surface area contributed by atoms with Gasteiger partial charge in [0, 0.05) is 12.2 Å². The molecular formula is C18H21N5O. The number of rotatable bonds is 6. The van der Waals surface area contributed by atoms with Gasteiger partial charge < -0.3 is 10.0 Å². The largest absolute Gasteiger partial charge is 0.395 e. The molecule has 0 spiro atoms. The number of aromatic nitrogens is 4. The van der Waals surface area contributed by atoms with E-state index in [1.807, 2.05) is 36.4 Å². The molecule has 1 heterocycles. The molecule has 0 aliphatic rings. The third-order valence-electron chi connectivity index (χ3n) is 4.01. The number of hydrogen-bond acceptors (Lipinski definition) is 5. The quantitative estimate of drug-likeness (QED) is 0.754. The van der Waals surface area contributed by atoms with Crippen LogP contribution in [-0.2, 0) is 6.54 Å². The number of hydrogen-bond donors (Lipinski definition) is 1. The molecule has 6 nitrogen and oxygen atoms in total. The Balaban J connectivity index is 1.95. The lowest BCUT2D eigenvalue weighted by Gasteiger charge is -2.23. The molecule has 124 valence electrons. The van der Waals surface area contributed by atoms with E-state index in [1.54, 1.807) is 4.68 Å². The number of anilines is 1. The molecule has 24 heavy (non-hydrogen) atoms. The highest BCUT2D eigenvalue weighted by molar-refractivity contribution is 5.48. The van der Waals surface area contributed by atoms with Gasteiger partial charge in [-0.15, -0.1) is 5.10 Å². The van der Waals surface area contributed by atoms with E-state index in [1.165, 1.54) is 0 Å². The maximum Gasteiger partial charge on any atom is 0.175 e. The minimum atomic E-state index is 0.0693. The van der Waals surface area contributed by atoms with Gasteiger partial charge in [0.15, 0.2) is 5.82 Å². The van der Waals surface area contributed by atoms with E-state index in [-0.39, 0.29) is 6.61 Å². The Kier molecular flexibility index (Phi) is 4.86. The molecule has 0 bridgehead atoms. The molecule has 0 unspecified atom stereocenters. The maximum absolute atomic E-state index is 9.40. The SMILES string of the molecule is Cc1cccc(C)c1-n1nnnc1CN(CCO)c1ccccc1. The monoisotopic (exact) mass is 323 g/mol. The lowest BCUT2D eigenvalue weighted by atomic mass is 10.1. The topological polar surface area (TPSA) is 67.1 Å². The summed E-state index contributed by atoms with van der Waals surface area (Å²) in [5.41, 5.74) is 4.28. The Morgan fingerprint density at radius 3 is 2.38 bits per heavy atom. The van der Waals surface area contributed by atoms with E-state index in [4.69, 9.17) is 0 Å². The van der Waals surface area contributed by atoms with Crippen LogP contribution in [0, 0.1) is 13.8 Å². The number of benzene rings is 2. The second kappa shape index (κ2) is 7.23. The van der Waals surface area contributed by atoms with Crippen LogP contribution in [0.2, 0.25) is 0 Å². The van der Waals surface area contributed by atoms with Gasteiger partial charge >= 0.3 is 0 Å². The minimum absolute atomic E-state index is 0.0693. The van der Waals surface area contributed by atoms with Gasteiger partial charge in [0.25, 0.3) is 0 Å². The highest BCUT2D eigenvalue weighted by Crippen LogP contribution is 2.21. The van der Waals surface area contributed by atoms with Crippen molar-refractivity contribution >= 4 is 5.69 Å². The lowest BCUT2D eigenvalue weighted by Crippen LogP contribution is -2.28. The van der Waals surface area contributed by atoms with Crippen molar-refractivity contribution in [1.29, 1.82) is 0 Å². The molecule has 0 radical (unpaired) electrons. The van der Waals surface area contributed by atoms with Crippen molar-refractivity contribution < 1.29 is 5.11 Å². The molecule has 0 fully saturated rings. The van der Waals surface area contributed by atoms with Gasteiger partial charge in [0.2, 0.25) is 0 Å². The van der Waals surface area contributed by atoms with Crippen LogP contribution in [0.4, 0.5) is 5.69 Å². The van der Waals surface area contributed by atoms with E-state index in [0.717, 1.165) is 28.3 Å². The van der Waals surface area contributed by atoms with Crippen molar-refractivity contribution in [3.05, 3.63) is 65.5 Å². The number of aryl methyl sites for hydroxylation is 2. The number of tetrazole rings is 1. The fraction of sp³-hybridized carbons (Fsp3) is 0.278. The van der Waals surface area contributed by atoms with Gasteiger partial charge in [0.05, 0.1) is 18.8 Å². The zero-order valence-electron chi connectivity index (χ0n) is 13.9. The maximum atomic E-state index is 9.40. The molecule has 1 aromatic heterocycles. The summed E-state index contributed by atoms with van der Waals surface area (Å²) < 4.78 is 1.79. The Morgan fingerprint density at radius 2 is 1.71 bits per heavy atom. The van der Waals surface area contributed by atoms with Gasteiger partial charge in [-0.25, -0.2) is 0 Å². The van der Waals surface area contributed by atoms with E-state index in [2.05, 4.69) is 46.4 Å². The van der Waals surface area contributed by atoms with Gasteiger partial charge in [-0.2, -0.15) is 4.68 Å². The summed E-state index contributed by atoms with van der Waals surface area (Å²) in [6.07, 6.45) is 0. The molecule has 0 saturated carbocycles. The average Bonchev–Trinajstić information content (AvgIpc) is 3.03. The molecule has 2 aromatic carbocycles. The summed E-state index contributed by atoms with van der Waals surface area (Å²) in [5, 5.41) is 21.6. The molecule has 1 N–H and O–H groups in total. The van der Waals surface area contributed by atoms with Crippen LogP contribution < -0.4 is 4.90 Å². The predicted molar refractivity (Wildman–Crippen MR) is 93.2 cm³/mol. The van der Waals surface area contributed by atoms with E-state index < -0.39 is 0 Å². The van der Waals surface area contributed by atoms with Gasteiger partial charge in [-0.3, -0.25) is 0 Å². The van der Waals surface area contributed by atoms with Crippen molar-refractivity contribution in [2.24, 2.45) is 0 Å². The summed E-state index contributed by atoms with van der Waals surface area (Å²) in [4.78, 5) is 2.07. The van der Waals surface area contributed by atoms with Crippen LogP contribution >= 0.6 is 0 Å². The van der Waals surface area contributed by atoms with Crippen LogP contribution in [-0.4, -0.2) is 38.5 Å². The van der Waals surface area contributed by atoms with Crippen molar-refractivity contribution in [2.45, 2.75) is 20.4 Å². The fourth-order valence-corrected chi connectivity index (χ4v) is 2.85. The van der Waals surface area contributed by atoms with Crippen LogP contribution in [0.3, 0.4) is 0 Å². The van der Waals surface area contributed by atoms with E-state index in [0.29, 0.717) is 13.1 Å². The van der Waals surface area contributed by atoms with Gasteiger partial charge in [-0.1, -0.05) is 36.4 Å². The molecule has 0 amide bonds. The van der Waals surface area contributed by atoms with Crippen LogP contribution in [0.5, 0.6) is 0 Å². The van der Waals surface area contributed by atoms with Gasteiger partial charge in [-0.05, 0) is 47.5 Å². The first-order valence-corrected chi connectivity index (χ1v) is 7.95. The number of para-hydroxylation sites is 2. The highest BCUT2D eigenvalue weighted by Gasteiger charge is 2.16. The summed E-state index contributed by atoms with van der Waals surface area (Å²) in [7, 11) is 0.